The van der Waals surface area contributed by atoms with Crippen LogP contribution >= 0.6 is 34.7 Å². The molecule has 5 nitrogen and oxygen atoms in total. The molecule has 0 unspecified atom stereocenters. The smallest absolute Gasteiger partial charge is 0.191 e. The highest BCUT2D eigenvalue weighted by molar-refractivity contribution is 7.99. The van der Waals surface area contributed by atoms with E-state index in [1.807, 2.05) is 24.3 Å². The molecular weight excluding hydrogens is 402 g/mol. The van der Waals surface area contributed by atoms with E-state index < -0.39 is 0 Å². The number of thioether (sulfide) groups is 1. The van der Waals surface area contributed by atoms with Crippen LogP contribution in [-0.4, -0.2) is 33.4 Å². The molecule has 2 aromatic heterocycles. The highest BCUT2D eigenvalue weighted by Crippen LogP contribution is 2.28. The fraction of sp³-hybridized carbons (Fsp3) is 0.316. The quantitative estimate of drug-likeness (QED) is 0.340. The first-order valence-corrected chi connectivity index (χ1v) is 10.8. The van der Waals surface area contributed by atoms with Gasteiger partial charge in [-0.1, -0.05) is 36.7 Å². The van der Waals surface area contributed by atoms with Gasteiger partial charge in [0.15, 0.2) is 16.8 Å². The van der Waals surface area contributed by atoms with E-state index in [0.717, 1.165) is 41.7 Å². The second kappa shape index (κ2) is 9.39. The van der Waals surface area contributed by atoms with Gasteiger partial charge in [0.1, 0.15) is 5.75 Å². The van der Waals surface area contributed by atoms with Gasteiger partial charge in [-0.3, -0.25) is 4.79 Å². The number of methoxy groups -OCH3 is 1. The second-order valence-electron chi connectivity index (χ2n) is 5.86. The van der Waals surface area contributed by atoms with E-state index in [-0.39, 0.29) is 5.78 Å². The molecule has 1 aromatic carbocycles. The monoisotopic (exact) mass is 421 g/mol. The third-order valence-corrected chi connectivity index (χ3v) is 6.22. The van der Waals surface area contributed by atoms with Crippen molar-refractivity contribution in [3.05, 3.63) is 45.6 Å². The number of carbonyl (C=O) groups excluding carboxylic acids is 1. The van der Waals surface area contributed by atoms with Crippen LogP contribution in [0, 0.1) is 0 Å². The summed E-state index contributed by atoms with van der Waals surface area (Å²) in [6, 6.07) is 11.3. The lowest BCUT2D eigenvalue weighted by Crippen LogP contribution is -2.05. The Balaban J connectivity index is 1.79. The van der Waals surface area contributed by atoms with Crippen LogP contribution in [0.25, 0.3) is 11.4 Å². The van der Waals surface area contributed by atoms with Crippen LogP contribution in [0.5, 0.6) is 5.75 Å². The average Bonchev–Trinajstić information content (AvgIpc) is 3.30. The highest BCUT2D eigenvalue weighted by atomic mass is 35.5. The van der Waals surface area contributed by atoms with Gasteiger partial charge in [-0.05, 0) is 42.8 Å². The van der Waals surface area contributed by atoms with Crippen LogP contribution in [0.15, 0.2) is 41.6 Å². The van der Waals surface area contributed by atoms with Crippen LogP contribution in [-0.2, 0) is 6.54 Å². The number of benzene rings is 1. The van der Waals surface area contributed by atoms with E-state index in [0.29, 0.717) is 15.0 Å². The zero-order valence-electron chi connectivity index (χ0n) is 15.1. The first-order valence-electron chi connectivity index (χ1n) is 8.61. The summed E-state index contributed by atoms with van der Waals surface area (Å²) in [4.78, 5) is 13.0. The molecular formula is C19H20ClN3O2S2. The molecule has 2 heterocycles. The summed E-state index contributed by atoms with van der Waals surface area (Å²) in [5, 5.41) is 9.45. The van der Waals surface area contributed by atoms with Crippen molar-refractivity contribution in [3.8, 4) is 17.1 Å². The van der Waals surface area contributed by atoms with Gasteiger partial charge in [-0.15, -0.1) is 21.5 Å². The van der Waals surface area contributed by atoms with E-state index >= 15 is 0 Å². The van der Waals surface area contributed by atoms with Crippen molar-refractivity contribution in [2.45, 2.75) is 31.5 Å². The average molecular weight is 422 g/mol. The number of ether oxygens (including phenoxy) is 1. The number of hydrogen-bond donors (Lipinski definition) is 0. The molecule has 0 fully saturated rings. The first kappa shape index (κ1) is 19.9. The zero-order chi connectivity index (χ0) is 19.2. The molecule has 0 bridgehead atoms. The summed E-state index contributed by atoms with van der Waals surface area (Å²) in [5.74, 6) is 1.96. The number of ketones is 1. The number of unbranched alkanes of at least 4 members (excludes halogenated alkanes) is 1. The highest BCUT2D eigenvalue weighted by Gasteiger charge is 2.17. The van der Waals surface area contributed by atoms with Crippen molar-refractivity contribution in [2.24, 2.45) is 0 Å². The summed E-state index contributed by atoms with van der Waals surface area (Å²) < 4.78 is 7.93. The standard InChI is InChI=1S/C19H20ClN3O2S2/c1-3-4-11-23-18(13-5-7-14(25-2)8-6-13)21-22-19(23)26-12-15(24)16-9-10-17(20)27-16/h5-10H,3-4,11-12H2,1-2H3. The lowest BCUT2D eigenvalue weighted by Gasteiger charge is -2.10. The SMILES string of the molecule is CCCCn1c(SCC(=O)c2ccc(Cl)s2)nnc1-c1ccc(OC)cc1. The Labute approximate surface area is 171 Å². The van der Waals surface area contributed by atoms with E-state index in [2.05, 4.69) is 21.7 Å². The molecule has 0 spiro atoms. The second-order valence-corrected chi connectivity index (χ2v) is 8.51. The Morgan fingerprint density at radius 1 is 1.22 bits per heavy atom. The maximum atomic E-state index is 12.4. The van der Waals surface area contributed by atoms with Crippen molar-refractivity contribution >= 4 is 40.5 Å². The first-order chi connectivity index (χ1) is 13.1. The number of aromatic nitrogens is 3. The van der Waals surface area contributed by atoms with E-state index in [1.54, 1.807) is 19.2 Å². The number of rotatable bonds is 9. The molecule has 0 atom stereocenters. The Morgan fingerprint density at radius 2 is 2.00 bits per heavy atom. The topological polar surface area (TPSA) is 57.0 Å². The van der Waals surface area contributed by atoms with E-state index in [1.165, 1.54) is 23.1 Å². The summed E-state index contributed by atoms with van der Waals surface area (Å²) >= 11 is 8.63. The molecule has 0 aliphatic rings. The minimum atomic E-state index is 0.0490. The van der Waals surface area contributed by atoms with Gasteiger partial charge in [-0.25, -0.2) is 0 Å². The van der Waals surface area contributed by atoms with Crippen LogP contribution in [0.4, 0.5) is 0 Å². The fourth-order valence-electron chi connectivity index (χ4n) is 2.53. The van der Waals surface area contributed by atoms with Crippen LogP contribution in [0.1, 0.15) is 29.4 Å². The maximum absolute atomic E-state index is 12.4. The Hall–Kier alpha value is -1.83. The molecule has 0 saturated heterocycles. The number of nitrogens with zero attached hydrogens (tertiary/aromatic N) is 3. The predicted octanol–water partition coefficient (Wildman–Crippen LogP) is 5.44. The molecule has 3 rings (SSSR count). The number of thiophene rings is 1. The van der Waals surface area contributed by atoms with Gasteiger partial charge in [0.25, 0.3) is 0 Å². The fourth-order valence-corrected chi connectivity index (χ4v) is 4.45. The van der Waals surface area contributed by atoms with Gasteiger partial charge in [0.2, 0.25) is 0 Å². The maximum Gasteiger partial charge on any atom is 0.191 e. The van der Waals surface area contributed by atoms with E-state index in [4.69, 9.17) is 16.3 Å². The molecule has 0 radical (unpaired) electrons. The summed E-state index contributed by atoms with van der Waals surface area (Å²) in [5.41, 5.74) is 0.975. The van der Waals surface area contributed by atoms with Crippen molar-refractivity contribution < 1.29 is 9.53 Å². The predicted molar refractivity (Wildman–Crippen MR) is 111 cm³/mol. The molecule has 0 aliphatic heterocycles. The minimum absolute atomic E-state index is 0.0490. The zero-order valence-corrected chi connectivity index (χ0v) is 17.5. The summed E-state index contributed by atoms with van der Waals surface area (Å²) in [6.45, 7) is 2.96. The van der Waals surface area contributed by atoms with E-state index in [9.17, 15) is 4.79 Å². The largest absolute Gasteiger partial charge is 0.497 e. The lowest BCUT2D eigenvalue weighted by molar-refractivity contribution is 0.102. The van der Waals surface area contributed by atoms with Crippen LogP contribution in [0.3, 0.4) is 0 Å². The summed E-state index contributed by atoms with van der Waals surface area (Å²) in [7, 11) is 1.64. The number of Topliss-reactive ketones (excluding diaryl/α,β-unsaturated/α-hetero) is 1. The molecule has 3 aromatic rings. The molecule has 8 heteroatoms. The Bertz CT molecular complexity index is 906. The van der Waals surface area contributed by atoms with Gasteiger partial charge in [0, 0.05) is 12.1 Å². The molecule has 0 N–H and O–H groups in total. The van der Waals surface area contributed by atoms with Crippen LogP contribution in [0.2, 0.25) is 4.34 Å². The van der Waals surface area contributed by atoms with Crippen LogP contribution < -0.4 is 4.74 Å². The molecule has 0 aliphatic carbocycles. The molecule has 142 valence electrons. The number of carbonyl (C=O) groups is 1. The number of hydrogen-bond acceptors (Lipinski definition) is 6. The third-order valence-electron chi connectivity index (χ3n) is 3.98. The van der Waals surface area contributed by atoms with Crippen molar-refractivity contribution in [2.75, 3.05) is 12.9 Å². The Kier molecular flexibility index (Phi) is 6.93. The molecule has 27 heavy (non-hydrogen) atoms. The number of halogens is 1. The normalized spacial score (nSPS) is 10.9. The van der Waals surface area contributed by atoms with Gasteiger partial charge >= 0.3 is 0 Å². The van der Waals surface area contributed by atoms with Crippen molar-refractivity contribution in [3.63, 3.8) is 0 Å². The third kappa shape index (κ3) is 4.91. The lowest BCUT2D eigenvalue weighted by atomic mass is 10.2. The molecule has 0 amide bonds. The van der Waals surface area contributed by atoms with Gasteiger partial charge in [-0.2, -0.15) is 0 Å². The van der Waals surface area contributed by atoms with Gasteiger partial charge < -0.3 is 9.30 Å². The minimum Gasteiger partial charge on any atom is -0.497 e. The summed E-state index contributed by atoms with van der Waals surface area (Å²) in [6.07, 6.45) is 2.08. The van der Waals surface area contributed by atoms with Crippen molar-refractivity contribution in [1.82, 2.24) is 14.8 Å². The van der Waals surface area contributed by atoms with Gasteiger partial charge in [0.05, 0.1) is 22.1 Å². The molecule has 0 saturated carbocycles. The van der Waals surface area contributed by atoms with Crippen molar-refractivity contribution in [1.29, 1.82) is 0 Å². The Morgan fingerprint density at radius 3 is 2.63 bits per heavy atom.